The van der Waals surface area contributed by atoms with Crippen molar-refractivity contribution in [3.63, 3.8) is 0 Å². The summed E-state index contributed by atoms with van der Waals surface area (Å²) in [5.41, 5.74) is 1.26. The van der Waals surface area contributed by atoms with Gasteiger partial charge in [-0.3, -0.25) is 9.59 Å². The molecule has 4 aliphatic carbocycles. The van der Waals surface area contributed by atoms with Crippen LogP contribution in [0.25, 0.3) is 5.65 Å². The van der Waals surface area contributed by atoms with Crippen molar-refractivity contribution in [3.8, 4) is 0 Å². The predicted molar refractivity (Wildman–Crippen MR) is 101 cm³/mol. The van der Waals surface area contributed by atoms with Crippen LogP contribution in [0.2, 0.25) is 0 Å². The molecule has 4 aliphatic rings. The van der Waals surface area contributed by atoms with Crippen molar-refractivity contribution in [1.29, 1.82) is 0 Å². The van der Waals surface area contributed by atoms with Crippen molar-refractivity contribution in [2.45, 2.75) is 57.5 Å². The van der Waals surface area contributed by atoms with Crippen LogP contribution < -0.4 is 10.6 Å². The maximum Gasteiger partial charge on any atom is 0.226 e. The van der Waals surface area contributed by atoms with Gasteiger partial charge in [0.05, 0.1) is 17.7 Å². The Kier molecular flexibility index (Phi) is 3.61. The second-order valence-corrected chi connectivity index (χ2v) is 9.08. The Balaban J connectivity index is 1.34. The Bertz CT molecular complexity index is 871. The van der Waals surface area contributed by atoms with E-state index in [1.54, 1.807) is 6.92 Å². The normalized spacial score (nSPS) is 34.0. The molecule has 2 amide bonds. The van der Waals surface area contributed by atoms with Crippen LogP contribution in [0.5, 0.6) is 0 Å². The average Bonchev–Trinajstić information content (AvgIpc) is 3.00. The van der Waals surface area contributed by atoms with Crippen molar-refractivity contribution < 1.29 is 9.59 Å². The average molecular weight is 366 g/mol. The van der Waals surface area contributed by atoms with Crippen molar-refractivity contribution in [3.05, 3.63) is 36.3 Å². The van der Waals surface area contributed by atoms with Crippen LogP contribution in [0.15, 0.2) is 30.6 Å². The van der Waals surface area contributed by atoms with E-state index in [2.05, 4.69) is 15.6 Å². The molecule has 2 N–H and O–H groups in total. The number of aromatic nitrogens is 2. The lowest BCUT2D eigenvalue weighted by atomic mass is 9.46. The van der Waals surface area contributed by atoms with Crippen LogP contribution in [0, 0.1) is 17.3 Å². The number of amides is 2. The molecular weight excluding hydrogens is 340 g/mol. The Hall–Kier alpha value is -2.37. The highest BCUT2D eigenvalue weighted by Crippen LogP contribution is 2.61. The minimum absolute atomic E-state index is 0.0252. The maximum absolute atomic E-state index is 13.3. The van der Waals surface area contributed by atoms with Gasteiger partial charge in [0.15, 0.2) is 0 Å². The third kappa shape index (κ3) is 2.82. The van der Waals surface area contributed by atoms with Gasteiger partial charge in [0.25, 0.3) is 0 Å². The molecule has 27 heavy (non-hydrogen) atoms. The summed E-state index contributed by atoms with van der Waals surface area (Å²) in [5, 5.41) is 6.38. The Morgan fingerprint density at radius 2 is 2.00 bits per heavy atom. The molecule has 4 saturated carbocycles. The summed E-state index contributed by atoms with van der Waals surface area (Å²) in [5.74, 6) is 1.28. The molecule has 0 radical (unpaired) electrons. The third-order valence-electron chi connectivity index (χ3n) is 6.83. The van der Waals surface area contributed by atoms with Gasteiger partial charge in [0.2, 0.25) is 11.8 Å². The Morgan fingerprint density at radius 3 is 2.70 bits per heavy atom. The fraction of sp³-hybridized carbons (Fsp3) is 0.571. The molecule has 6 nitrogen and oxygen atoms in total. The number of imidazole rings is 1. The summed E-state index contributed by atoms with van der Waals surface area (Å²) >= 11 is 0. The molecular formula is C21H26N4O2. The molecule has 0 saturated heterocycles. The molecule has 6 heteroatoms. The van der Waals surface area contributed by atoms with E-state index < -0.39 is 0 Å². The molecule has 2 atom stereocenters. The van der Waals surface area contributed by atoms with Gasteiger partial charge < -0.3 is 15.0 Å². The number of hydrogen-bond acceptors (Lipinski definition) is 3. The molecule has 2 aromatic rings. The highest BCUT2D eigenvalue weighted by Gasteiger charge is 2.60. The summed E-state index contributed by atoms with van der Waals surface area (Å²) in [4.78, 5) is 29.6. The largest absolute Gasteiger partial charge is 0.351 e. The quantitative estimate of drug-likeness (QED) is 0.873. The Labute approximate surface area is 158 Å². The number of nitrogens with zero attached hydrogens (tertiary/aromatic N) is 2. The molecule has 0 aliphatic heterocycles. The second kappa shape index (κ2) is 5.81. The lowest BCUT2D eigenvalue weighted by Gasteiger charge is -2.61. The van der Waals surface area contributed by atoms with Crippen molar-refractivity contribution in [2.24, 2.45) is 17.3 Å². The maximum atomic E-state index is 13.3. The number of hydrogen-bond donors (Lipinski definition) is 2. The SMILES string of the molecule is CC(=O)NC12CC3CC(C1)CC(C(=O)NCc1cn4ccccc4n1)(C3)C2. The highest BCUT2D eigenvalue weighted by molar-refractivity contribution is 5.84. The molecule has 2 unspecified atom stereocenters. The van der Waals surface area contributed by atoms with Crippen LogP contribution >= 0.6 is 0 Å². The van der Waals surface area contributed by atoms with Gasteiger partial charge in [0.1, 0.15) is 5.65 Å². The summed E-state index contributed by atoms with van der Waals surface area (Å²) < 4.78 is 1.97. The summed E-state index contributed by atoms with van der Waals surface area (Å²) in [6, 6.07) is 5.89. The van der Waals surface area contributed by atoms with Crippen molar-refractivity contribution in [2.75, 3.05) is 0 Å². The van der Waals surface area contributed by atoms with E-state index in [9.17, 15) is 9.59 Å². The number of rotatable bonds is 4. The molecule has 4 fully saturated rings. The first-order chi connectivity index (χ1) is 13.0. The third-order valence-corrected chi connectivity index (χ3v) is 6.83. The van der Waals surface area contributed by atoms with E-state index in [-0.39, 0.29) is 22.8 Å². The standard InChI is InChI=1S/C21H26N4O2/c1-14(26)24-21-9-15-6-16(10-21)8-20(7-15,13-21)19(27)22-11-17-12-25-5-3-2-4-18(25)23-17/h2-5,12,15-16H,6-11,13H2,1H3,(H,22,27)(H,24,26). The van der Waals surface area contributed by atoms with Gasteiger partial charge in [-0.1, -0.05) is 6.07 Å². The van der Waals surface area contributed by atoms with Gasteiger partial charge in [-0.15, -0.1) is 0 Å². The van der Waals surface area contributed by atoms with Crippen LogP contribution in [-0.2, 0) is 16.1 Å². The highest BCUT2D eigenvalue weighted by atomic mass is 16.2. The summed E-state index contributed by atoms with van der Waals surface area (Å²) in [7, 11) is 0. The fourth-order valence-electron chi connectivity index (χ4n) is 6.48. The monoisotopic (exact) mass is 366 g/mol. The lowest BCUT2D eigenvalue weighted by molar-refractivity contribution is -0.153. The van der Waals surface area contributed by atoms with Gasteiger partial charge >= 0.3 is 0 Å². The number of nitrogens with one attached hydrogen (secondary N) is 2. The van der Waals surface area contributed by atoms with E-state index in [1.807, 2.05) is 35.0 Å². The van der Waals surface area contributed by atoms with Gasteiger partial charge in [-0.2, -0.15) is 0 Å². The second-order valence-electron chi connectivity index (χ2n) is 9.08. The number of carbonyl (C=O) groups is 2. The minimum Gasteiger partial charge on any atom is -0.351 e. The van der Waals surface area contributed by atoms with Crippen LogP contribution in [0.1, 0.15) is 51.1 Å². The summed E-state index contributed by atoms with van der Waals surface area (Å²) in [6.07, 6.45) is 9.91. The smallest absolute Gasteiger partial charge is 0.226 e. The van der Waals surface area contributed by atoms with Crippen LogP contribution in [-0.4, -0.2) is 26.7 Å². The van der Waals surface area contributed by atoms with E-state index in [0.29, 0.717) is 18.4 Å². The molecule has 142 valence electrons. The zero-order valence-electron chi connectivity index (χ0n) is 15.7. The van der Waals surface area contributed by atoms with Crippen molar-refractivity contribution >= 4 is 17.5 Å². The molecule has 0 spiro atoms. The van der Waals surface area contributed by atoms with Gasteiger partial charge in [-0.25, -0.2) is 4.98 Å². The molecule has 6 rings (SSSR count). The number of pyridine rings is 1. The number of fused-ring (bicyclic) bond motifs is 1. The Morgan fingerprint density at radius 1 is 1.22 bits per heavy atom. The zero-order chi connectivity index (χ0) is 18.6. The zero-order valence-corrected chi connectivity index (χ0v) is 15.7. The minimum atomic E-state index is -0.328. The van der Waals surface area contributed by atoms with Gasteiger partial charge in [0, 0.05) is 24.9 Å². The van der Waals surface area contributed by atoms with Crippen LogP contribution in [0.4, 0.5) is 0 Å². The summed E-state index contributed by atoms with van der Waals surface area (Å²) in [6.45, 7) is 2.04. The number of carbonyl (C=O) groups excluding carboxylic acids is 2. The molecule has 4 bridgehead atoms. The topological polar surface area (TPSA) is 75.5 Å². The molecule has 2 heterocycles. The molecule has 0 aromatic carbocycles. The van der Waals surface area contributed by atoms with E-state index >= 15 is 0 Å². The lowest BCUT2D eigenvalue weighted by Crippen LogP contribution is -2.65. The van der Waals surface area contributed by atoms with Crippen LogP contribution in [0.3, 0.4) is 0 Å². The van der Waals surface area contributed by atoms with Gasteiger partial charge in [-0.05, 0) is 62.5 Å². The predicted octanol–water partition coefficient (Wildman–Crippen LogP) is 2.43. The van der Waals surface area contributed by atoms with E-state index in [0.717, 1.165) is 43.4 Å². The van der Waals surface area contributed by atoms with Crippen molar-refractivity contribution in [1.82, 2.24) is 20.0 Å². The first-order valence-electron chi connectivity index (χ1n) is 9.95. The first-order valence-corrected chi connectivity index (χ1v) is 9.95. The molecule has 2 aromatic heterocycles. The van der Waals surface area contributed by atoms with E-state index in [1.165, 1.54) is 6.42 Å². The first kappa shape index (κ1) is 16.8. The fourth-order valence-corrected chi connectivity index (χ4v) is 6.48. The van der Waals surface area contributed by atoms with E-state index in [4.69, 9.17) is 0 Å².